The Morgan fingerprint density at radius 1 is 1.06 bits per heavy atom. The molecule has 104 valence electrons. The van der Waals surface area contributed by atoms with Crippen LogP contribution in [0.4, 0.5) is 0 Å². The maximum absolute atomic E-state index is 9.98. The summed E-state index contributed by atoms with van der Waals surface area (Å²) in [6.07, 6.45) is -2.47. The molecule has 1 aliphatic rings. The number of hydrogen-bond acceptors (Lipinski definition) is 6. The first-order valence-electron chi connectivity index (χ1n) is 5.72. The molecule has 0 aromatic carbocycles. The lowest BCUT2D eigenvalue weighted by atomic mass is 9.99. The Hall–Kier alpha value is -0.760. The molecule has 1 rings (SSSR count). The Labute approximate surface area is 106 Å². The Bertz CT molecular complexity index is 269. The van der Waals surface area contributed by atoms with Crippen molar-refractivity contribution in [1.82, 2.24) is 0 Å². The molecule has 6 heteroatoms. The van der Waals surface area contributed by atoms with E-state index in [-0.39, 0.29) is 13.2 Å². The van der Waals surface area contributed by atoms with Crippen molar-refractivity contribution in [3.8, 4) is 0 Å². The Balaban J connectivity index is 2.58. The van der Waals surface area contributed by atoms with E-state index in [1.807, 2.05) is 0 Å². The van der Waals surface area contributed by atoms with Gasteiger partial charge in [-0.15, -0.1) is 13.2 Å². The summed E-state index contributed by atoms with van der Waals surface area (Å²) in [7, 11) is 0. The molecule has 0 spiro atoms. The maximum atomic E-state index is 9.98. The summed E-state index contributed by atoms with van der Waals surface area (Å²) >= 11 is 0. The molecule has 0 aromatic rings. The minimum Gasteiger partial charge on any atom is -0.387 e. The van der Waals surface area contributed by atoms with E-state index in [9.17, 15) is 15.3 Å². The van der Waals surface area contributed by atoms with Gasteiger partial charge in [0.25, 0.3) is 0 Å². The van der Waals surface area contributed by atoms with Crippen LogP contribution in [0.2, 0.25) is 0 Å². The van der Waals surface area contributed by atoms with Crippen LogP contribution in [0.1, 0.15) is 0 Å². The van der Waals surface area contributed by atoms with Crippen molar-refractivity contribution >= 4 is 0 Å². The SMILES string of the molecule is C=CCOCC1OC(O)C(O)C(OCC=C)C1O. The van der Waals surface area contributed by atoms with Gasteiger partial charge in [-0.1, -0.05) is 12.2 Å². The summed E-state index contributed by atoms with van der Waals surface area (Å²) in [5, 5.41) is 29.2. The van der Waals surface area contributed by atoms with Crippen LogP contribution in [0.3, 0.4) is 0 Å². The molecule has 1 fully saturated rings. The van der Waals surface area contributed by atoms with Gasteiger partial charge >= 0.3 is 0 Å². The first kappa shape index (κ1) is 15.3. The Kier molecular flexibility index (Phi) is 6.48. The van der Waals surface area contributed by atoms with E-state index >= 15 is 0 Å². The van der Waals surface area contributed by atoms with Crippen molar-refractivity contribution in [2.75, 3.05) is 19.8 Å². The van der Waals surface area contributed by atoms with Crippen LogP contribution in [-0.4, -0.2) is 65.8 Å². The first-order chi connectivity index (χ1) is 8.61. The van der Waals surface area contributed by atoms with Crippen molar-refractivity contribution < 1.29 is 29.5 Å². The fourth-order valence-electron chi connectivity index (χ4n) is 1.70. The number of hydrogen-bond donors (Lipinski definition) is 3. The number of aliphatic hydroxyl groups excluding tert-OH is 3. The summed E-state index contributed by atoms with van der Waals surface area (Å²) < 4.78 is 15.4. The summed E-state index contributed by atoms with van der Waals surface area (Å²) in [4.78, 5) is 0. The van der Waals surface area contributed by atoms with Crippen molar-refractivity contribution in [1.29, 1.82) is 0 Å². The van der Waals surface area contributed by atoms with Crippen molar-refractivity contribution in [3.63, 3.8) is 0 Å². The molecular weight excluding hydrogens is 240 g/mol. The quantitative estimate of drug-likeness (QED) is 0.410. The molecule has 3 N–H and O–H groups in total. The second-order valence-corrected chi connectivity index (χ2v) is 3.96. The van der Waals surface area contributed by atoms with Crippen LogP contribution in [0.15, 0.2) is 25.3 Å². The Morgan fingerprint density at radius 3 is 2.33 bits per heavy atom. The number of aliphatic hydroxyl groups is 3. The molecule has 5 atom stereocenters. The predicted molar refractivity (Wildman–Crippen MR) is 63.8 cm³/mol. The van der Waals surface area contributed by atoms with Crippen LogP contribution >= 0.6 is 0 Å². The lowest BCUT2D eigenvalue weighted by molar-refractivity contribution is -0.294. The van der Waals surface area contributed by atoms with Gasteiger partial charge < -0.3 is 29.5 Å². The summed E-state index contributed by atoms with van der Waals surface area (Å²) in [6.45, 7) is 7.51. The lowest BCUT2D eigenvalue weighted by Crippen LogP contribution is -2.59. The third kappa shape index (κ3) is 3.88. The molecule has 18 heavy (non-hydrogen) atoms. The molecule has 6 nitrogen and oxygen atoms in total. The zero-order valence-electron chi connectivity index (χ0n) is 10.1. The van der Waals surface area contributed by atoms with Crippen LogP contribution in [0, 0.1) is 0 Å². The van der Waals surface area contributed by atoms with E-state index in [0.717, 1.165) is 0 Å². The van der Waals surface area contributed by atoms with Crippen LogP contribution in [0.25, 0.3) is 0 Å². The van der Waals surface area contributed by atoms with Gasteiger partial charge in [-0.25, -0.2) is 0 Å². The molecule has 1 saturated heterocycles. The molecule has 1 aliphatic heterocycles. The third-order valence-corrected chi connectivity index (χ3v) is 2.58. The zero-order chi connectivity index (χ0) is 13.5. The monoisotopic (exact) mass is 260 g/mol. The van der Waals surface area contributed by atoms with Gasteiger partial charge in [0.1, 0.15) is 24.4 Å². The highest BCUT2D eigenvalue weighted by Crippen LogP contribution is 2.22. The van der Waals surface area contributed by atoms with Gasteiger partial charge in [0, 0.05) is 0 Å². The van der Waals surface area contributed by atoms with Gasteiger partial charge in [0.2, 0.25) is 0 Å². The van der Waals surface area contributed by atoms with E-state index in [2.05, 4.69) is 13.2 Å². The second-order valence-electron chi connectivity index (χ2n) is 3.96. The van der Waals surface area contributed by atoms with E-state index in [0.29, 0.717) is 6.61 Å². The van der Waals surface area contributed by atoms with Crippen molar-refractivity contribution in [2.24, 2.45) is 0 Å². The van der Waals surface area contributed by atoms with Gasteiger partial charge in [0.05, 0.1) is 19.8 Å². The van der Waals surface area contributed by atoms with E-state index in [1.165, 1.54) is 6.08 Å². The minimum absolute atomic E-state index is 0.0743. The van der Waals surface area contributed by atoms with Gasteiger partial charge in [-0.05, 0) is 0 Å². The summed E-state index contributed by atoms with van der Waals surface area (Å²) in [6, 6.07) is 0. The standard InChI is InChI=1S/C12H20O6/c1-3-5-16-7-8-9(13)11(17-6-4-2)10(14)12(15)18-8/h3-4,8-15H,1-2,5-7H2. The van der Waals surface area contributed by atoms with E-state index in [1.54, 1.807) is 6.08 Å². The number of ether oxygens (including phenoxy) is 3. The Morgan fingerprint density at radius 2 is 1.72 bits per heavy atom. The third-order valence-electron chi connectivity index (χ3n) is 2.58. The topological polar surface area (TPSA) is 88.4 Å². The molecule has 0 bridgehead atoms. The average molecular weight is 260 g/mol. The fourth-order valence-corrected chi connectivity index (χ4v) is 1.70. The van der Waals surface area contributed by atoms with Crippen LogP contribution < -0.4 is 0 Å². The molecule has 5 unspecified atom stereocenters. The molecular formula is C12H20O6. The largest absolute Gasteiger partial charge is 0.387 e. The molecule has 0 radical (unpaired) electrons. The van der Waals surface area contributed by atoms with Gasteiger partial charge in [-0.3, -0.25) is 0 Å². The lowest BCUT2D eigenvalue weighted by Gasteiger charge is -2.40. The molecule has 1 heterocycles. The molecule has 0 aliphatic carbocycles. The summed E-state index contributed by atoms with van der Waals surface area (Å²) in [5.74, 6) is 0. The molecule has 0 aromatic heterocycles. The molecule has 0 amide bonds. The average Bonchev–Trinajstić information content (AvgIpc) is 2.36. The fraction of sp³-hybridized carbons (Fsp3) is 0.667. The predicted octanol–water partition coefficient (Wildman–Crippen LogP) is -0.801. The van der Waals surface area contributed by atoms with Gasteiger partial charge in [0.15, 0.2) is 6.29 Å². The highest BCUT2D eigenvalue weighted by molar-refractivity contribution is 4.90. The minimum atomic E-state index is -1.42. The highest BCUT2D eigenvalue weighted by Gasteiger charge is 2.44. The van der Waals surface area contributed by atoms with Gasteiger partial charge in [-0.2, -0.15) is 0 Å². The first-order valence-corrected chi connectivity index (χ1v) is 5.72. The van der Waals surface area contributed by atoms with Crippen LogP contribution in [0.5, 0.6) is 0 Å². The zero-order valence-corrected chi connectivity index (χ0v) is 10.1. The van der Waals surface area contributed by atoms with Crippen molar-refractivity contribution in [2.45, 2.75) is 30.7 Å². The number of rotatable bonds is 7. The highest BCUT2D eigenvalue weighted by atomic mass is 16.7. The smallest absolute Gasteiger partial charge is 0.184 e. The molecule has 0 saturated carbocycles. The normalized spacial score (nSPS) is 36.3. The van der Waals surface area contributed by atoms with Crippen molar-refractivity contribution in [3.05, 3.63) is 25.3 Å². The second kappa shape index (κ2) is 7.63. The summed E-state index contributed by atoms with van der Waals surface area (Å²) in [5.41, 5.74) is 0. The maximum Gasteiger partial charge on any atom is 0.184 e. The van der Waals surface area contributed by atoms with E-state index < -0.39 is 30.7 Å². The van der Waals surface area contributed by atoms with E-state index in [4.69, 9.17) is 14.2 Å². The van der Waals surface area contributed by atoms with Crippen LogP contribution in [-0.2, 0) is 14.2 Å².